The number of piperazine rings is 1. The zero-order valence-electron chi connectivity index (χ0n) is 11.9. The Hall–Kier alpha value is -1.47. The molecular formula is C14H18BrN3O3. The third kappa shape index (κ3) is 4.01. The van der Waals surface area contributed by atoms with E-state index in [0.29, 0.717) is 18.7 Å². The highest BCUT2D eigenvalue weighted by molar-refractivity contribution is 9.09. The first kappa shape index (κ1) is 15.9. The van der Waals surface area contributed by atoms with Crippen molar-refractivity contribution in [1.29, 1.82) is 0 Å². The van der Waals surface area contributed by atoms with Gasteiger partial charge in [0.15, 0.2) is 0 Å². The topological polar surface area (TPSA) is 66.7 Å². The molecule has 0 aromatic heterocycles. The first-order valence-corrected chi connectivity index (χ1v) is 7.97. The average molecular weight is 356 g/mol. The molecule has 1 aliphatic heterocycles. The van der Waals surface area contributed by atoms with Crippen LogP contribution in [-0.2, 0) is 0 Å². The zero-order chi connectivity index (χ0) is 15.4. The Morgan fingerprint density at radius 2 is 1.95 bits per heavy atom. The average Bonchev–Trinajstić information content (AvgIpc) is 2.47. The second-order valence-electron chi connectivity index (χ2n) is 5.14. The Morgan fingerprint density at radius 1 is 1.29 bits per heavy atom. The molecule has 7 heteroatoms. The first-order chi connectivity index (χ1) is 10.0. The van der Waals surface area contributed by atoms with Crippen molar-refractivity contribution in [2.75, 3.05) is 38.1 Å². The van der Waals surface area contributed by atoms with Gasteiger partial charge in [0.25, 0.3) is 11.6 Å². The van der Waals surface area contributed by atoms with Crippen molar-refractivity contribution in [2.45, 2.75) is 6.92 Å². The van der Waals surface area contributed by atoms with Crippen LogP contribution >= 0.6 is 15.9 Å². The lowest BCUT2D eigenvalue weighted by atomic mass is 10.1. The van der Waals surface area contributed by atoms with E-state index in [1.807, 2.05) is 0 Å². The summed E-state index contributed by atoms with van der Waals surface area (Å²) in [7, 11) is 0. The maximum atomic E-state index is 12.5. The van der Waals surface area contributed by atoms with E-state index < -0.39 is 4.92 Å². The Kier molecular flexibility index (Phi) is 5.30. The number of carbonyl (C=O) groups is 1. The number of benzene rings is 1. The molecule has 1 aromatic carbocycles. The molecular weight excluding hydrogens is 338 g/mol. The molecule has 0 bridgehead atoms. The van der Waals surface area contributed by atoms with Gasteiger partial charge in [-0.2, -0.15) is 0 Å². The summed E-state index contributed by atoms with van der Waals surface area (Å²) in [5, 5.41) is 11.8. The van der Waals surface area contributed by atoms with Crippen LogP contribution < -0.4 is 0 Å². The number of halogens is 1. The number of carbonyl (C=O) groups excluding carboxylic acids is 1. The van der Waals surface area contributed by atoms with Crippen LogP contribution in [0, 0.1) is 17.0 Å². The van der Waals surface area contributed by atoms with Gasteiger partial charge < -0.3 is 4.90 Å². The largest absolute Gasteiger partial charge is 0.336 e. The fourth-order valence-corrected chi connectivity index (χ4v) is 2.97. The van der Waals surface area contributed by atoms with Crippen molar-refractivity contribution in [3.63, 3.8) is 0 Å². The lowest BCUT2D eigenvalue weighted by Gasteiger charge is -2.34. The molecule has 1 fully saturated rings. The van der Waals surface area contributed by atoms with Crippen molar-refractivity contribution in [3.8, 4) is 0 Å². The van der Waals surface area contributed by atoms with E-state index >= 15 is 0 Å². The van der Waals surface area contributed by atoms with E-state index in [-0.39, 0.29) is 11.6 Å². The number of nitro groups is 1. The summed E-state index contributed by atoms with van der Waals surface area (Å²) in [6.45, 7) is 5.73. The third-order valence-corrected chi connectivity index (χ3v) is 3.93. The molecule has 1 amide bonds. The molecule has 0 radical (unpaired) electrons. The van der Waals surface area contributed by atoms with Crippen molar-refractivity contribution in [1.82, 2.24) is 9.80 Å². The van der Waals surface area contributed by atoms with Gasteiger partial charge in [-0.15, -0.1) is 0 Å². The third-order valence-electron chi connectivity index (χ3n) is 3.58. The quantitative estimate of drug-likeness (QED) is 0.471. The minimum absolute atomic E-state index is 0.0312. The van der Waals surface area contributed by atoms with Gasteiger partial charge in [-0.05, 0) is 18.6 Å². The summed E-state index contributed by atoms with van der Waals surface area (Å²) in [6, 6.07) is 4.55. The molecule has 0 aliphatic carbocycles. The maximum absolute atomic E-state index is 12.5. The summed E-state index contributed by atoms with van der Waals surface area (Å²) in [5.74, 6) is -0.125. The number of non-ortho nitro benzene ring substituents is 1. The number of amides is 1. The molecule has 1 saturated heterocycles. The minimum atomic E-state index is -0.461. The van der Waals surface area contributed by atoms with Crippen LogP contribution in [0.4, 0.5) is 5.69 Å². The van der Waals surface area contributed by atoms with Crippen LogP contribution in [0.2, 0.25) is 0 Å². The molecule has 0 spiro atoms. The Bertz CT molecular complexity index is 542. The van der Waals surface area contributed by atoms with Crippen LogP contribution in [0.15, 0.2) is 18.2 Å². The van der Waals surface area contributed by atoms with Crippen LogP contribution in [0.3, 0.4) is 0 Å². The molecule has 0 saturated carbocycles. The van der Waals surface area contributed by atoms with Crippen molar-refractivity contribution < 1.29 is 9.72 Å². The normalized spacial score (nSPS) is 16.0. The highest BCUT2D eigenvalue weighted by atomic mass is 79.9. The van der Waals surface area contributed by atoms with Crippen LogP contribution in [0.5, 0.6) is 0 Å². The molecule has 6 nitrogen and oxygen atoms in total. The van der Waals surface area contributed by atoms with Crippen molar-refractivity contribution in [2.24, 2.45) is 0 Å². The van der Waals surface area contributed by atoms with E-state index in [2.05, 4.69) is 20.8 Å². The SMILES string of the molecule is Cc1cc(C(=O)N2CCN(CCBr)CC2)cc([N+](=O)[O-])c1. The van der Waals surface area contributed by atoms with Gasteiger partial charge in [-0.3, -0.25) is 19.8 Å². The summed E-state index contributed by atoms with van der Waals surface area (Å²) >= 11 is 3.41. The number of hydrogen-bond donors (Lipinski definition) is 0. The second kappa shape index (κ2) is 7.00. The molecule has 0 N–H and O–H groups in total. The number of aryl methyl sites for hydroxylation is 1. The van der Waals surface area contributed by atoms with Crippen molar-refractivity contribution >= 4 is 27.5 Å². The van der Waals surface area contributed by atoms with Gasteiger partial charge in [0.1, 0.15) is 0 Å². The monoisotopic (exact) mass is 355 g/mol. The Labute approximate surface area is 132 Å². The van der Waals surface area contributed by atoms with Crippen LogP contribution in [-0.4, -0.2) is 58.7 Å². The van der Waals surface area contributed by atoms with Gasteiger partial charge in [0, 0.05) is 55.8 Å². The van der Waals surface area contributed by atoms with Crippen molar-refractivity contribution in [3.05, 3.63) is 39.4 Å². The van der Waals surface area contributed by atoms with Gasteiger partial charge in [0.05, 0.1) is 4.92 Å². The number of hydrogen-bond acceptors (Lipinski definition) is 4. The second-order valence-corrected chi connectivity index (χ2v) is 5.93. The van der Waals surface area contributed by atoms with Gasteiger partial charge in [0.2, 0.25) is 0 Å². The van der Waals surface area contributed by atoms with E-state index in [9.17, 15) is 14.9 Å². The number of rotatable bonds is 4. The lowest BCUT2D eigenvalue weighted by molar-refractivity contribution is -0.384. The number of nitrogens with zero attached hydrogens (tertiary/aromatic N) is 3. The molecule has 1 heterocycles. The highest BCUT2D eigenvalue weighted by Crippen LogP contribution is 2.18. The standard InChI is InChI=1S/C14H18BrN3O3/c1-11-8-12(10-13(9-11)18(20)21)14(19)17-6-4-16(3-2-15)5-7-17/h8-10H,2-7H2,1H3. The molecule has 1 aromatic rings. The first-order valence-electron chi connectivity index (χ1n) is 6.85. The molecule has 0 atom stereocenters. The summed E-state index contributed by atoms with van der Waals surface area (Å²) in [5.41, 5.74) is 1.09. The Balaban J connectivity index is 2.09. The smallest absolute Gasteiger partial charge is 0.270 e. The zero-order valence-corrected chi connectivity index (χ0v) is 13.5. The number of nitro benzene ring substituents is 1. The van der Waals surface area contributed by atoms with Gasteiger partial charge >= 0.3 is 0 Å². The summed E-state index contributed by atoms with van der Waals surface area (Å²) in [6.07, 6.45) is 0. The fourth-order valence-electron chi connectivity index (χ4n) is 2.47. The number of alkyl halides is 1. The van der Waals surface area contributed by atoms with Gasteiger partial charge in [-0.1, -0.05) is 15.9 Å². The van der Waals surface area contributed by atoms with E-state index in [1.54, 1.807) is 17.9 Å². The molecule has 2 rings (SSSR count). The molecule has 21 heavy (non-hydrogen) atoms. The Morgan fingerprint density at radius 3 is 2.52 bits per heavy atom. The van der Waals surface area contributed by atoms with E-state index in [1.165, 1.54) is 12.1 Å². The summed E-state index contributed by atoms with van der Waals surface area (Å²) in [4.78, 5) is 27.0. The minimum Gasteiger partial charge on any atom is -0.336 e. The fraction of sp³-hybridized carbons (Fsp3) is 0.500. The van der Waals surface area contributed by atoms with E-state index in [4.69, 9.17) is 0 Å². The van der Waals surface area contributed by atoms with Crippen LogP contribution in [0.1, 0.15) is 15.9 Å². The summed E-state index contributed by atoms with van der Waals surface area (Å²) < 4.78 is 0. The van der Waals surface area contributed by atoms with Gasteiger partial charge in [-0.25, -0.2) is 0 Å². The predicted octanol–water partition coefficient (Wildman–Crippen LogP) is 2.06. The molecule has 114 valence electrons. The maximum Gasteiger partial charge on any atom is 0.270 e. The van der Waals surface area contributed by atoms with Crippen LogP contribution in [0.25, 0.3) is 0 Å². The predicted molar refractivity (Wildman–Crippen MR) is 84.0 cm³/mol. The highest BCUT2D eigenvalue weighted by Gasteiger charge is 2.23. The van der Waals surface area contributed by atoms with E-state index in [0.717, 1.165) is 30.5 Å². The lowest BCUT2D eigenvalue weighted by Crippen LogP contribution is -2.49. The molecule has 0 unspecified atom stereocenters. The molecule has 1 aliphatic rings.